The first-order valence-corrected chi connectivity index (χ1v) is 13.7. The molecule has 11 nitrogen and oxygen atoms in total. The molecule has 2 saturated heterocycles. The summed E-state index contributed by atoms with van der Waals surface area (Å²) in [5.41, 5.74) is -0.145. The highest BCUT2D eigenvalue weighted by Gasteiger charge is 2.30. The van der Waals surface area contributed by atoms with Crippen LogP contribution in [-0.2, 0) is 20.8 Å². The van der Waals surface area contributed by atoms with Crippen molar-refractivity contribution in [3.63, 3.8) is 0 Å². The number of likely N-dealkylation sites (tertiary alicyclic amines) is 1. The highest BCUT2D eigenvalue weighted by atomic mass is 16.5. The Hall–Kier alpha value is -3.18. The smallest absolute Gasteiger partial charge is 0.291 e. The predicted molar refractivity (Wildman–Crippen MR) is 140 cm³/mol. The number of hydrogen-bond acceptors (Lipinski definition) is 7. The van der Waals surface area contributed by atoms with E-state index in [4.69, 9.17) is 9.47 Å². The van der Waals surface area contributed by atoms with Gasteiger partial charge in [-0.25, -0.2) is 0 Å². The lowest BCUT2D eigenvalue weighted by atomic mass is 10.1. The Morgan fingerprint density at radius 1 is 1.16 bits per heavy atom. The van der Waals surface area contributed by atoms with Crippen LogP contribution >= 0.6 is 0 Å². The molecule has 2 aromatic heterocycles. The summed E-state index contributed by atoms with van der Waals surface area (Å²) in [6, 6.07) is 0.0381. The lowest BCUT2D eigenvalue weighted by Crippen LogP contribution is -2.41. The van der Waals surface area contributed by atoms with Crippen molar-refractivity contribution in [2.75, 3.05) is 26.3 Å². The van der Waals surface area contributed by atoms with Crippen LogP contribution in [0.25, 0.3) is 11.7 Å². The number of ether oxygens (including phenoxy) is 2. The van der Waals surface area contributed by atoms with E-state index < -0.39 is 11.5 Å². The van der Waals surface area contributed by atoms with E-state index >= 15 is 0 Å². The molecule has 0 radical (unpaired) electrons. The largest absolute Gasteiger partial charge is 0.494 e. The van der Waals surface area contributed by atoms with Gasteiger partial charge < -0.3 is 24.8 Å². The number of amides is 2. The predicted octanol–water partition coefficient (Wildman–Crippen LogP) is 1.95. The van der Waals surface area contributed by atoms with E-state index in [-0.39, 0.29) is 41.5 Å². The van der Waals surface area contributed by atoms with Crippen LogP contribution < -0.4 is 10.9 Å². The summed E-state index contributed by atoms with van der Waals surface area (Å²) in [5.74, 6) is -0.996. The van der Waals surface area contributed by atoms with Crippen molar-refractivity contribution in [2.24, 2.45) is 5.92 Å². The van der Waals surface area contributed by atoms with Gasteiger partial charge in [0.05, 0.1) is 18.4 Å². The average Bonchev–Trinajstić information content (AvgIpc) is 3.61. The molecule has 0 spiro atoms. The maximum Gasteiger partial charge on any atom is 0.291 e. The van der Waals surface area contributed by atoms with Crippen molar-refractivity contribution >= 4 is 23.5 Å². The van der Waals surface area contributed by atoms with Crippen LogP contribution in [0.1, 0.15) is 68.3 Å². The number of nitrogens with zero attached hydrogens (tertiary/aromatic N) is 4. The quantitative estimate of drug-likeness (QED) is 0.503. The molecule has 11 heteroatoms. The Morgan fingerprint density at radius 2 is 1.84 bits per heavy atom. The standard InChI is InChI=1S/C27H37N5O6/c1-17(2)16-31-25-18(15-28-32(25)27(36)23(26(31)35)24(34)29-19-4-5-19)3-6-22(33)30-11-7-20(8-12-30)38-21-9-13-37-14-10-21/h3,6,15,17,19-21,35H,4-5,7-14,16H2,1-2H3,(H,29,34). The summed E-state index contributed by atoms with van der Waals surface area (Å²) in [7, 11) is 0. The fourth-order valence-electron chi connectivity index (χ4n) is 5.11. The molecule has 38 heavy (non-hydrogen) atoms. The molecule has 5 rings (SSSR count). The van der Waals surface area contributed by atoms with Crippen LogP contribution in [0.15, 0.2) is 17.1 Å². The molecule has 0 atom stereocenters. The summed E-state index contributed by atoms with van der Waals surface area (Å²) in [4.78, 5) is 40.7. The summed E-state index contributed by atoms with van der Waals surface area (Å²) in [6.45, 7) is 7.03. The normalized spacial score (nSPS) is 19.6. The van der Waals surface area contributed by atoms with Crippen molar-refractivity contribution in [3.05, 3.63) is 33.8 Å². The summed E-state index contributed by atoms with van der Waals surface area (Å²) in [6.07, 6.45) is 10.1. The zero-order valence-corrected chi connectivity index (χ0v) is 22.1. The first-order valence-electron chi connectivity index (χ1n) is 13.7. The van der Waals surface area contributed by atoms with Crippen LogP contribution in [0.3, 0.4) is 0 Å². The Morgan fingerprint density at radius 3 is 2.50 bits per heavy atom. The molecule has 1 aliphatic carbocycles. The molecule has 206 valence electrons. The monoisotopic (exact) mass is 527 g/mol. The molecule has 3 aliphatic rings. The molecule has 2 aliphatic heterocycles. The third-order valence-electron chi connectivity index (χ3n) is 7.31. The molecule has 4 heterocycles. The van der Waals surface area contributed by atoms with Crippen LogP contribution in [0.4, 0.5) is 0 Å². The Balaban J connectivity index is 1.32. The van der Waals surface area contributed by atoms with Gasteiger partial charge in [0.1, 0.15) is 5.65 Å². The van der Waals surface area contributed by atoms with Gasteiger partial charge in [-0.2, -0.15) is 9.61 Å². The highest BCUT2D eigenvalue weighted by Crippen LogP contribution is 2.25. The second-order valence-corrected chi connectivity index (χ2v) is 10.9. The maximum atomic E-state index is 13.2. The van der Waals surface area contributed by atoms with Crippen molar-refractivity contribution < 1.29 is 24.2 Å². The Kier molecular flexibility index (Phi) is 7.85. The van der Waals surface area contributed by atoms with Gasteiger partial charge in [0, 0.05) is 50.5 Å². The molecular formula is C27H37N5O6. The van der Waals surface area contributed by atoms with E-state index in [1.54, 1.807) is 11.0 Å². The second-order valence-electron chi connectivity index (χ2n) is 10.9. The minimum atomic E-state index is -0.687. The van der Waals surface area contributed by atoms with E-state index in [0.717, 1.165) is 56.3 Å². The third kappa shape index (κ3) is 5.78. The van der Waals surface area contributed by atoms with E-state index in [1.165, 1.54) is 16.8 Å². The first-order chi connectivity index (χ1) is 18.3. The molecule has 0 aromatic carbocycles. The number of carbonyl (C=O) groups is 2. The fraction of sp³-hybridized carbons (Fsp3) is 0.630. The van der Waals surface area contributed by atoms with Crippen molar-refractivity contribution in [2.45, 2.75) is 77.2 Å². The molecule has 2 aromatic rings. The van der Waals surface area contributed by atoms with Gasteiger partial charge in [0.2, 0.25) is 11.8 Å². The van der Waals surface area contributed by atoms with Gasteiger partial charge in [-0.05, 0) is 50.5 Å². The molecule has 2 amide bonds. The fourth-order valence-corrected chi connectivity index (χ4v) is 5.11. The second kappa shape index (κ2) is 11.3. The van der Waals surface area contributed by atoms with Gasteiger partial charge in [-0.3, -0.25) is 19.0 Å². The zero-order valence-electron chi connectivity index (χ0n) is 22.1. The Bertz CT molecular complexity index is 1260. The number of rotatable bonds is 8. The SMILES string of the molecule is CC(C)Cn1c(O)c(C(=O)NC2CC2)c(=O)n2ncc(C=CC(=O)N3CCC(OC4CCOCC4)CC3)c12. The van der Waals surface area contributed by atoms with Gasteiger partial charge in [-0.15, -0.1) is 0 Å². The molecule has 2 N–H and O–H groups in total. The average molecular weight is 528 g/mol. The van der Waals surface area contributed by atoms with E-state index in [9.17, 15) is 19.5 Å². The molecule has 1 saturated carbocycles. The number of aromatic nitrogens is 3. The van der Waals surface area contributed by atoms with Crippen LogP contribution in [0.2, 0.25) is 0 Å². The summed E-state index contributed by atoms with van der Waals surface area (Å²) >= 11 is 0. The van der Waals surface area contributed by atoms with E-state index in [2.05, 4.69) is 10.4 Å². The van der Waals surface area contributed by atoms with Gasteiger partial charge in [0.25, 0.3) is 11.5 Å². The number of nitrogens with one attached hydrogen (secondary N) is 1. The van der Waals surface area contributed by atoms with Crippen molar-refractivity contribution in [1.29, 1.82) is 0 Å². The number of hydrogen-bond donors (Lipinski definition) is 2. The lowest BCUT2D eigenvalue weighted by Gasteiger charge is -2.34. The van der Waals surface area contributed by atoms with E-state index in [0.29, 0.717) is 30.8 Å². The molecule has 0 unspecified atom stereocenters. The number of piperidine rings is 1. The van der Waals surface area contributed by atoms with Crippen molar-refractivity contribution in [1.82, 2.24) is 24.4 Å². The topological polar surface area (TPSA) is 127 Å². The number of aromatic hydroxyl groups is 1. The lowest BCUT2D eigenvalue weighted by molar-refractivity contribution is -0.130. The molecule has 3 fully saturated rings. The van der Waals surface area contributed by atoms with Crippen LogP contribution in [-0.4, -0.2) is 80.6 Å². The highest BCUT2D eigenvalue weighted by molar-refractivity contribution is 5.97. The van der Waals surface area contributed by atoms with Gasteiger partial charge in [-0.1, -0.05) is 13.8 Å². The third-order valence-corrected chi connectivity index (χ3v) is 7.31. The van der Waals surface area contributed by atoms with E-state index in [1.807, 2.05) is 13.8 Å². The Labute approximate surface area is 221 Å². The summed E-state index contributed by atoms with van der Waals surface area (Å²) in [5, 5.41) is 18.0. The molecule has 0 bridgehead atoms. The van der Waals surface area contributed by atoms with Crippen molar-refractivity contribution in [3.8, 4) is 5.88 Å². The van der Waals surface area contributed by atoms with Crippen LogP contribution in [0.5, 0.6) is 5.88 Å². The summed E-state index contributed by atoms with van der Waals surface area (Å²) < 4.78 is 14.3. The van der Waals surface area contributed by atoms with Crippen LogP contribution in [0, 0.1) is 5.92 Å². The minimum absolute atomic E-state index is 0.0381. The minimum Gasteiger partial charge on any atom is -0.494 e. The maximum absolute atomic E-state index is 13.2. The zero-order chi connectivity index (χ0) is 26.8. The number of fused-ring (bicyclic) bond motifs is 1. The van der Waals surface area contributed by atoms with Gasteiger partial charge in [0.15, 0.2) is 5.56 Å². The van der Waals surface area contributed by atoms with Gasteiger partial charge >= 0.3 is 0 Å². The number of carbonyl (C=O) groups excluding carboxylic acids is 2. The molecular weight excluding hydrogens is 490 g/mol. The first kappa shape index (κ1) is 26.4.